The minimum absolute atomic E-state index is 0.0158. The number of fused-ring (bicyclic) bond motifs is 1. The number of aryl methyl sites for hydroxylation is 2. The Morgan fingerprint density at radius 1 is 1.32 bits per heavy atom. The Bertz CT molecular complexity index is 999. The van der Waals surface area contributed by atoms with E-state index >= 15 is 0 Å². The summed E-state index contributed by atoms with van der Waals surface area (Å²) in [7, 11) is 1.91. The predicted molar refractivity (Wildman–Crippen MR) is 108 cm³/mol. The third-order valence-electron chi connectivity index (χ3n) is 5.19. The number of pyridine rings is 1. The minimum Gasteiger partial charge on any atom is -0.356 e. The van der Waals surface area contributed by atoms with Crippen molar-refractivity contribution in [3.8, 4) is 11.5 Å². The summed E-state index contributed by atoms with van der Waals surface area (Å²) in [5, 5.41) is 8.51. The van der Waals surface area contributed by atoms with Gasteiger partial charge in [-0.2, -0.15) is 5.10 Å². The molecular formula is C20H25N7O. The quantitative estimate of drug-likeness (QED) is 0.747. The van der Waals surface area contributed by atoms with Crippen LogP contribution in [0, 0.1) is 12.8 Å². The second kappa shape index (κ2) is 7.53. The second-order valence-corrected chi connectivity index (χ2v) is 7.38. The molecule has 0 saturated carbocycles. The van der Waals surface area contributed by atoms with Gasteiger partial charge in [-0.05, 0) is 37.8 Å². The molecule has 146 valence electrons. The van der Waals surface area contributed by atoms with E-state index in [2.05, 4.69) is 20.3 Å². The van der Waals surface area contributed by atoms with Crippen LogP contribution in [0.15, 0.2) is 24.4 Å². The van der Waals surface area contributed by atoms with Crippen LogP contribution in [0.1, 0.15) is 25.5 Å². The molecule has 1 amide bonds. The van der Waals surface area contributed by atoms with Gasteiger partial charge in [-0.15, -0.1) is 0 Å². The molecule has 3 aromatic rings. The van der Waals surface area contributed by atoms with Crippen molar-refractivity contribution in [2.75, 3.05) is 24.5 Å². The highest BCUT2D eigenvalue weighted by molar-refractivity contribution is 5.91. The molecule has 0 bridgehead atoms. The first-order valence-electron chi connectivity index (χ1n) is 9.65. The maximum absolute atomic E-state index is 11.3. The van der Waals surface area contributed by atoms with Crippen LogP contribution in [0.3, 0.4) is 0 Å². The van der Waals surface area contributed by atoms with E-state index in [4.69, 9.17) is 9.97 Å². The van der Waals surface area contributed by atoms with Crippen molar-refractivity contribution in [2.45, 2.75) is 26.7 Å². The van der Waals surface area contributed by atoms with Crippen LogP contribution < -0.4 is 10.2 Å². The molecule has 0 spiro atoms. The standard InChI is InChI=1S/C20H25N7O/c1-13-17-19(26(3)25-13)23-18(16-8-4-5-9-21-16)24-20(17)27-10-6-7-15(12-27)11-22-14(2)28/h4-5,8-9,15H,6-7,10-12H2,1-3H3,(H,22,28)/t15-/m1/s1. The summed E-state index contributed by atoms with van der Waals surface area (Å²) in [5.41, 5.74) is 2.48. The predicted octanol–water partition coefficient (Wildman–Crippen LogP) is 2.09. The van der Waals surface area contributed by atoms with Crippen LogP contribution in [-0.4, -0.2) is 50.3 Å². The Balaban J connectivity index is 1.75. The number of rotatable bonds is 4. The maximum Gasteiger partial charge on any atom is 0.216 e. The zero-order chi connectivity index (χ0) is 19.7. The summed E-state index contributed by atoms with van der Waals surface area (Å²) in [6, 6.07) is 5.74. The lowest BCUT2D eigenvalue weighted by atomic mass is 9.97. The van der Waals surface area contributed by atoms with Gasteiger partial charge in [0.15, 0.2) is 11.5 Å². The number of aromatic nitrogens is 5. The van der Waals surface area contributed by atoms with Gasteiger partial charge in [0.05, 0.1) is 11.1 Å². The summed E-state index contributed by atoms with van der Waals surface area (Å²) in [6.07, 6.45) is 3.92. The highest BCUT2D eigenvalue weighted by Crippen LogP contribution is 2.31. The zero-order valence-corrected chi connectivity index (χ0v) is 16.5. The van der Waals surface area contributed by atoms with Crippen molar-refractivity contribution in [1.82, 2.24) is 30.0 Å². The third kappa shape index (κ3) is 3.54. The Morgan fingerprint density at radius 2 is 2.18 bits per heavy atom. The van der Waals surface area contributed by atoms with Gasteiger partial charge in [0.25, 0.3) is 0 Å². The molecule has 0 aliphatic carbocycles. The Hall–Kier alpha value is -3.03. The number of hydrogen-bond donors (Lipinski definition) is 1. The van der Waals surface area contributed by atoms with Gasteiger partial charge in [-0.25, -0.2) is 9.97 Å². The number of nitrogens with zero attached hydrogens (tertiary/aromatic N) is 6. The number of piperidine rings is 1. The zero-order valence-electron chi connectivity index (χ0n) is 16.5. The normalized spacial score (nSPS) is 17.1. The fourth-order valence-corrected chi connectivity index (χ4v) is 3.87. The molecule has 0 aromatic carbocycles. The maximum atomic E-state index is 11.3. The van der Waals surface area contributed by atoms with Crippen molar-refractivity contribution >= 4 is 22.8 Å². The molecule has 4 heterocycles. The van der Waals surface area contributed by atoms with Crippen LogP contribution >= 0.6 is 0 Å². The summed E-state index contributed by atoms with van der Waals surface area (Å²) in [4.78, 5) is 27.7. The lowest BCUT2D eigenvalue weighted by Gasteiger charge is -2.34. The average Bonchev–Trinajstić information content (AvgIpc) is 3.00. The van der Waals surface area contributed by atoms with Crippen molar-refractivity contribution in [1.29, 1.82) is 0 Å². The van der Waals surface area contributed by atoms with Gasteiger partial charge in [0, 0.05) is 39.8 Å². The monoisotopic (exact) mass is 379 g/mol. The molecule has 3 aromatic heterocycles. The topological polar surface area (TPSA) is 88.8 Å². The fourth-order valence-electron chi connectivity index (χ4n) is 3.87. The Morgan fingerprint density at radius 3 is 2.93 bits per heavy atom. The molecule has 8 heteroatoms. The smallest absolute Gasteiger partial charge is 0.216 e. The van der Waals surface area contributed by atoms with Crippen LogP contribution in [0.25, 0.3) is 22.6 Å². The number of carbonyl (C=O) groups excluding carboxylic acids is 1. The van der Waals surface area contributed by atoms with Crippen LogP contribution in [0.2, 0.25) is 0 Å². The molecule has 1 fully saturated rings. The van der Waals surface area contributed by atoms with Crippen molar-refractivity contribution < 1.29 is 4.79 Å². The molecule has 1 aliphatic rings. The van der Waals surface area contributed by atoms with E-state index in [0.717, 1.165) is 54.2 Å². The number of anilines is 1. The number of carbonyl (C=O) groups is 1. The van der Waals surface area contributed by atoms with Gasteiger partial charge < -0.3 is 10.2 Å². The number of nitrogens with one attached hydrogen (secondary N) is 1. The lowest BCUT2D eigenvalue weighted by molar-refractivity contribution is -0.119. The molecule has 0 unspecified atom stereocenters. The van der Waals surface area contributed by atoms with Crippen LogP contribution in [0.5, 0.6) is 0 Å². The molecule has 28 heavy (non-hydrogen) atoms. The summed E-state index contributed by atoms with van der Waals surface area (Å²) in [6.45, 7) is 6.03. The van der Waals surface area contributed by atoms with E-state index in [1.54, 1.807) is 17.8 Å². The first-order valence-corrected chi connectivity index (χ1v) is 9.65. The van der Waals surface area contributed by atoms with E-state index < -0.39 is 0 Å². The van der Waals surface area contributed by atoms with Crippen molar-refractivity contribution in [3.63, 3.8) is 0 Å². The molecule has 8 nitrogen and oxygen atoms in total. The first-order chi connectivity index (χ1) is 13.5. The van der Waals surface area contributed by atoms with Crippen LogP contribution in [0.4, 0.5) is 5.82 Å². The highest BCUT2D eigenvalue weighted by Gasteiger charge is 2.26. The lowest BCUT2D eigenvalue weighted by Crippen LogP contribution is -2.41. The molecule has 4 rings (SSSR count). The second-order valence-electron chi connectivity index (χ2n) is 7.38. The van der Waals surface area contributed by atoms with Gasteiger partial charge in [0.2, 0.25) is 5.91 Å². The summed E-state index contributed by atoms with van der Waals surface area (Å²) in [5.74, 6) is 1.93. The Labute approximate surface area is 164 Å². The van der Waals surface area contributed by atoms with Gasteiger partial charge in [-0.1, -0.05) is 6.07 Å². The minimum atomic E-state index is 0.0158. The van der Waals surface area contributed by atoms with E-state index in [0.29, 0.717) is 18.3 Å². The molecule has 0 radical (unpaired) electrons. The summed E-state index contributed by atoms with van der Waals surface area (Å²) >= 11 is 0. The third-order valence-corrected chi connectivity index (χ3v) is 5.19. The SMILES string of the molecule is CC(=O)NC[C@H]1CCCN(c2nc(-c3ccccn3)nc3c2c(C)nn3C)C1. The molecule has 1 saturated heterocycles. The van der Waals surface area contributed by atoms with Crippen molar-refractivity contribution in [3.05, 3.63) is 30.1 Å². The highest BCUT2D eigenvalue weighted by atomic mass is 16.1. The first kappa shape index (κ1) is 18.3. The average molecular weight is 379 g/mol. The summed E-state index contributed by atoms with van der Waals surface area (Å²) < 4.78 is 1.81. The largest absolute Gasteiger partial charge is 0.356 e. The van der Waals surface area contributed by atoms with Crippen molar-refractivity contribution in [2.24, 2.45) is 13.0 Å². The van der Waals surface area contributed by atoms with Gasteiger partial charge >= 0.3 is 0 Å². The molecular weight excluding hydrogens is 354 g/mol. The number of amides is 1. The molecule has 1 atom stereocenters. The van der Waals surface area contributed by atoms with E-state index in [-0.39, 0.29) is 5.91 Å². The van der Waals surface area contributed by atoms with E-state index in [1.165, 1.54) is 0 Å². The van der Waals surface area contributed by atoms with Crippen LogP contribution in [-0.2, 0) is 11.8 Å². The van der Waals surface area contributed by atoms with E-state index in [9.17, 15) is 4.79 Å². The van der Waals surface area contributed by atoms with Gasteiger partial charge in [0.1, 0.15) is 11.5 Å². The number of hydrogen-bond acceptors (Lipinski definition) is 6. The van der Waals surface area contributed by atoms with E-state index in [1.807, 2.05) is 32.2 Å². The fraction of sp³-hybridized carbons (Fsp3) is 0.450. The molecule has 1 aliphatic heterocycles. The molecule has 1 N–H and O–H groups in total. The Kier molecular flexibility index (Phi) is 4.93. The van der Waals surface area contributed by atoms with Gasteiger partial charge in [-0.3, -0.25) is 14.5 Å².